The van der Waals surface area contributed by atoms with Crippen LogP contribution in [0.5, 0.6) is 0 Å². The van der Waals surface area contributed by atoms with E-state index in [1.165, 1.54) is 36.8 Å². The molecular weight excluding hydrogens is 286 g/mol. The molecule has 0 unspecified atom stereocenters. The van der Waals surface area contributed by atoms with Crippen molar-refractivity contribution in [3.05, 3.63) is 21.6 Å². The largest absolute Gasteiger partial charge is 0.382 e. The molecule has 1 fully saturated rings. The summed E-state index contributed by atoms with van der Waals surface area (Å²) in [6.45, 7) is 3.59. The molecule has 0 bridgehead atoms. The van der Waals surface area contributed by atoms with Crippen LogP contribution in [0.25, 0.3) is 0 Å². The van der Waals surface area contributed by atoms with Crippen molar-refractivity contribution >= 4 is 17.3 Å². The molecule has 1 aromatic rings. The molecule has 0 spiro atoms. The van der Waals surface area contributed by atoms with Gasteiger partial charge < -0.3 is 5.32 Å². The van der Waals surface area contributed by atoms with Gasteiger partial charge in [-0.05, 0) is 18.8 Å². The van der Waals surface area contributed by atoms with Crippen molar-refractivity contribution < 1.29 is 0 Å². The van der Waals surface area contributed by atoms with Crippen molar-refractivity contribution in [1.82, 2.24) is 9.78 Å². The van der Waals surface area contributed by atoms with Crippen molar-refractivity contribution in [2.75, 3.05) is 11.9 Å². The normalized spacial score (nSPS) is 16.1. The van der Waals surface area contributed by atoms with E-state index in [1.807, 2.05) is 0 Å². The van der Waals surface area contributed by atoms with E-state index in [4.69, 9.17) is 11.6 Å². The van der Waals surface area contributed by atoms with Crippen LogP contribution in [0.2, 0.25) is 5.02 Å². The predicted octanol–water partition coefficient (Wildman–Crippen LogP) is 4.08. The average Bonchev–Trinajstić information content (AvgIpc) is 2.52. The van der Waals surface area contributed by atoms with Crippen LogP contribution in [-0.2, 0) is 6.54 Å². The third-order valence-electron chi connectivity index (χ3n) is 4.30. The smallest absolute Gasteiger partial charge is 0.287 e. The van der Waals surface area contributed by atoms with Gasteiger partial charge in [0.05, 0.1) is 11.9 Å². The number of aryl methyl sites for hydroxylation is 1. The van der Waals surface area contributed by atoms with E-state index in [1.54, 1.807) is 6.20 Å². The topological polar surface area (TPSA) is 46.9 Å². The van der Waals surface area contributed by atoms with Crippen LogP contribution >= 0.6 is 11.6 Å². The number of nitrogens with zero attached hydrogens (tertiary/aromatic N) is 2. The number of rotatable bonds is 7. The van der Waals surface area contributed by atoms with Crippen LogP contribution < -0.4 is 10.9 Å². The van der Waals surface area contributed by atoms with Gasteiger partial charge in [0.25, 0.3) is 5.56 Å². The Balaban J connectivity index is 1.88. The molecule has 0 amide bonds. The third kappa shape index (κ3) is 4.73. The van der Waals surface area contributed by atoms with Crippen molar-refractivity contribution in [3.8, 4) is 0 Å². The van der Waals surface area contributed by atoms with E-state index in [0.29, 0.717) is 12.2 Å². The highest BCUT2D eigenvalue weighted by atomic mass is 35.5. The molecular formula is C16H26ClN3O. The number of unbranched alkanes of at least 4 members (excludes halogenated alkanes) is 1. The zero-order chi connectivity index (χ0) is 15.1. The van der Waals surface area contributed by atoms with E-state index in [-0.39, 0.29) is 10.6 Å². The Kier molecular flexibility index (Phi) is 6.55. The second-order valence-corrected chi connectivity index (χ2v) is 6.35. The van der Waals surface area contributed by atoms with Gasteiger partial charge in [-0.2, -0.15) is 5.10 Å². The fraction of sp³-hybridized carbons (Fsp3) is 0.750. The zero-order valence-electron chi connectivity index (χ0n) is 12.9. The summed E-state index contributed by atoms with van der Waals surface area (Å²) >= 11 is 6.16. The molecule has 1 saturated carbocycles. The highest BCUT2D eigenvalue weighted by Gasteiger charge is 2.14. The number of halogens is 1. The second kappa shape index (κ2) is 8.42. The first-order valence-corrected chi connectivity index (χ1v) is 8.59. The maximum Gasteiger partial charge on any atom is 0.287 e. The molecule has 0 radical (unpaired) electrons. The van der Waals surface area contributed by atoms with Gasteiger partial charge in [-0.25, -0.2) is 4.68 Å². The molecule has 0 saturated heterocycles. The standard InChI is InChI=1S/C16H26ClN3O/c1-2-3-11-20-16(21)15(17)14(12-19-20)18-10-9-13-7-5-4-6-8-13/h12-13,18H,2-11H2,1H3. The minimum atomic E-state index is -0.187. The molecule has 1 aliphatic carbocycles. The Bertz CT molecular complexity index is 495. The fourth-order valence-corrected chi connectivity index (χ4v) is 3.16. The lowest BCUT2D eigenvalue weighted by atomic mass is 9.87. The molecule has 0 atom stereocenters. The summed E-state index contributed by atoms with van der Waals surface area (Å²) in [6, 6.07) is 0. The number of aromatic nitrogens is 2. The van der Waals surface area contributed by atoms with Gasteiger partial charge in [0.2, 0.25) is 0 Å². The van der Waals surface area contributed by atoms with E-state index in [2.05, 4.69) is 17.3 Å². The summed E-state index contributed by atoms with van der Waals surface area (Å²) in [5, 5.41) is 7.74. The fourth-order valence-electron chi connectivity index (χ4n) is 2.94. The Labute approximate surface area is 131 Å². The minimum absolute atomic E-state index is 0.187. The lowest BCUT2D eigenvalue weighted by Gasteiger charge is -2.21. The molecule has 21 heavy (non-hydrogen) atoms. The third-order valence-corrected chi connectivity index (χ3v) is 4.67. The zero-order valence-corrected chi connectivity index (χ0v) is 13.7. The lowest BCUT2D eigenvalue weighted by molar-refractivity contribution is 0.345. The van der Waals surface area contributed by atoms with Gasteiger partial charge >= 0.3 is 0 Å². The molecule has 1 aliphatic rings. The Hall–Kier alpha value is -1.03. The first kappa shape index (κ1) is 16.3. The first-order chi connectivity index (χ1) is 10.2. The van der Waals surface area contributed by atoms with Crippen LogP contribution in [0.3, 0.4) is 0 Å². The first-order valence-electron chi connectivity index (χ1n) is 8.22. The minimum Gasteiger partial charge on any atom is -0.382 e. The predicted molar refractivity (Wildman–Crippen MR) is 88.1 cm³/mol. The summed E-state index contributed by atoms with van der Waals surface area (Å²) in [4.78, 5) is 12.1. The number of hydrogen-bond donors (Lipinski definition) is 1. The van der Waals surface area contributed by atoms with Crippen molar-refractivity contribution in [2.45, 2.75) is 64.8 Å². The van der Waals surface area contributed by atoms with E-state index in [0.717, 1.165) is 31.7 Å². The van der Waals surface area contributed by atoms with Gasteiger partial charge in [0, 0.05) is 13.1 Å². The molecule has 1 N–H and O–H groups in total. The van der Waals surface area contributed by atoms with Gasteiger partial charge in [-0.3, -0.25) is 4.79 Å². The summed E-state index contributed by atoms with van der Waals surface area (Å²) < 4.78 is 1.46. The van der Waals surface area contributed by atoms with Crippen LogP contribution in [0.4, 0.5) is 5.69 Å². The summed E-state index contributed by atoms with van der Waals surface area (Å²) in [5.41, 5.74) is 0.484. The molecule has 5 heteroatoms. The maximum absolute atomic E-state index is 12.1. The van der Waals surface area contributed by atoms with Crippen LogP contribution in [0.1, 0.15) is 58.3 Å². The van der Waals surface area contributed by atoms with E-state index >= 15 is 0 Å². The van der Waals surface area contributed by atoms with Crippen LogP contribution in [0, 0.1) is 5.92 Å². The Morgan fingerprint density at radius 3 is 2.86 bits per heavy atom. The molecule has 118 valence electrons. The van der Waals surface area contributed by atoms with Crippen molar-refractivity contribution in [1.29, 1.82) is 0 Å². The molecule has 1 aromatic heterocycles. The number of hydrogen-bond acceptors (Lipinski definition) is 3. The van der Waals surface area contributed by atoms with Crippen LogP contribution in [0.15, 0.2) is 11.0 Å². The van der Waals surface area contributed by atoms with Crippen molar-refractivity contribution in [2.24, 2.45) is 5.92 Å². The highest BCUT2D eigenvalue weighted by molar-refractivity contribution is 6.32. The summed E-state index contributed by atoms with van der Waals surface area (Å²) in [5.74, 6) is 0.822. The summed E-state index contributed by atoms with van der Waals surface area (Å²) in [6.07, 6.45) is 11.6. The lowest BCUT2D eigenvalue weighted by Crippen LogP contribution is -2.24. The molecule has 4 nitrogen and oxygen atoms in total. The van der Waals surface area contributed by atoms with E-state index in [9.17, 15) is 4.79 Å². The summed E-state index contributed by atoms with van der Waals surface area (Å²) in [7, 11) is 0. The number of nitrogens with one attached hydrogen (secondary N) is 1. The molecule has 1 heterocycles. The van der Waals surface area contributed by atoms with Gasteiger partial charge in [-0.15, -0.1) is 0 Å². The Morgan fingerprint density at radius 1 is 1.38 bits per heavy atom. The molecule has 2 rings (SSSR count). The van der Waals surface area contributed by atoms with Gasteiger partial charge in [0.1, 0.15) is 5.02 Å². The molecule has 0 aromatic carbocycles. The van der Waals surface area contributed by atoms with Crippen LogP contribution in [-0.4, -0.2) is 16.3 Å². The monoisotopic (exact) mass is 311 g/mol. The quantitative estimate of drug-likeness (QED) is 0.825. The van der Waals surface area contributed by atoms with E-state index < -0.39 is 0 Å². The Morgan fingerprint density at radius 2 is 2.14 bits per heavy atom. The van der Waals surface area contributed by atoms with Crippen molar-refractivity contribution in [3.63, 3.8) is 0 Å². The molecule has 0 aliphatic heterocycles. The van der Waals surface area contributed by atoms with Gasteiger partial charge in [-0.1, -0.05) is 57.0 Å². The maximum atomic E-state index is 12.1. The number of anilines is 1. The SMILES string of the molecule is CCCCn1ncc(NCCC2CCCCC2)c(Cl)c1=O. The average molecular weight is 312 g/mol. The second-order valence-electron chi connectivity index (χ2n) is 5.97. The highest BCUT2D eigenvalue weighted by Crippen LogP contribution is 2.26. The van der Waals surface area contributed by atoms with Gasteiger partial charge in [0.15, 0.2) is 0 Å².